The Morgan fingerprint density at radius 3 is 2.33 bits per heavy atom. The van der Waals surface area contributed by atoms with E-state index >= 15 is 0 Å². The van der Waals surface area contributed by atoms with Crippen LogP contribution in [0.3, 0.4) is 0 Å². The van der Waals surface area contributed by atoms with Crippen LogP contribution in [0, 0.1) is 13.8 Å². The second-order valence-corrected chi connectivity index (χ2v) is 6.22. The van der Waals surface area contributed by atoms with E-state index in [0.717, 1.165) is 11.1 Å². The van der Waals surface area contributed by atoms with Crippen molar-refractivity contribution in [2.45, 2.75) is 33.0 Å². The van der Waals surface area contributed by atoms with Crippen molar-refractivity contribution >= 4 is 5.91 Å². The maximum absolute atomic E-state index is 12.1. The van der Waals surface area contributed by atoms with Crippen LogP contribution in [0.1, 0.15) is 29.8 Å². The van der Waals surface area contributed by atoms with Gasteiger partial charge in [-0.25, -0.2) is 0 Å². The van der Waals surface area contributed by atoms with Gasteiger partial charge in [0, 0.05) is 0 Å². The molecular formula is C19H21F3N2O3. The van der Waals surface area contributed by atoms with Gasteiger partial charge in [-0.15, -0.1) is 0 Å². The van der Waals surface area contributed by atoms with Gasteiger partial charge in [0.05, 0.1) is 17.9 Å². The number of pyridine rings is 1. The van der Waals surface area contributed by atoms with Crippen LogP contribution in [0.25, 0.3) is 0 Å². The average molecular weight is 382 g/mol. The van der Waals surface area contributed by atoms with Gasteiger partial charge in [0.1, 0.15) is 11.5 Å². The number of nitrogens with zero attached hydrogens (tertiary/aromatic N) is 1. The minimum atomic E-state index is -4.41. The van der Waals surface area contributed by atoms with E-state index in [0.29, 0.717) is 11.4 Å². The fourth-order valence-corrected chi connectivity index (χ4v) is 2.42. The summed E-state index contributed by atoms with van der Waals surface area (Å²) in [6, 6.07) is 8.13. The number of aryl methyl sites for hydroxylation is 2. The Morgan fingerprint density at radius 1 is 1.11 bits per heavy atom. The van der Waals surface area contributed by atoms with E-state index in [9.17, 15) is 18.0 Å². The highest BCUT2D eigenvalue weighted by Crippen LogP contribution is 2.19. The molecule has 2 rings (SSSR count). The molecule has 5 nitrogen and oxygen atoms in total. The maximum Gasteiger partial charge on any atom is 0.422 e. The smallest absolute Gasteiger partial charge is 0.422 e. The molecule has 8 heteroatoms. The van der Waals surface area contributed by atoms with Gasteiger partial charge in [-0.1, -0.05) is 6.07 Å². The number of nitrogens with one attached hydrogen (secondary N) is 1. The second-order valence-electron chi connectivity index (χ2n) is 6.22. The summed E-state index contributed by atoms with van der Waals surface area (Å²) in [5, 5.41) is 2.72. The van der Waals surface area contributed by atoms with Crippen molar-refractivity contribution in [3.63, 3.8) is 0 Å². The first kappa shape index (κ1) is 20.5. The van der Waals surface area contributed by atoms with Crippen molar-refractivity contribution in [3.8, 4) is 11.5 Å². The van der Waals surface area contributed by atoms with E-state index in [1.807, 2.05) is 32.0 Å². The predicted molar refractivity (Wildman–Crippen MR) is 93.8 cm³/mol. The minimum absolute atomic E-state index is 0.00718. The maximum atomic E-state index is 12.1. The van der Waals surface area contributed by atoms with E-state index in [1.54, 1.807) is 6.92 Å². The minimum Gasteiger partial charge on any atom is -0.484 e. The van der Waals surface area contributed by atoms with E-state index in [1.165, 1.54) is 18.3 Å². The second kappa shape index (κ2) is 8.75. The number of halogens is 3. The molecule has 1 atom stereocenters. The number of hydrogen-bond donors (Lipinski definition) is 1. The Hall–Kier alpha value is -2.77. The summed E-state index contributed by atoms with van der Waals surface area (Å²) in [5.74, 6) is 0.285. The van der Waals surface area contributed by atoms with Gasteiger partial charge in [-0.3, -0.25) is 9.78 Å². The Kier molecular flexibility index (Phi) is 6.65. The number of rotatable bonds is 7. The molecule has 0 aliphatic rings. The monoisotopic (exact) mass is 382 g/mol. The lowest BCUT2D eigenvalue weighted by Crippen LogP contribution is -2.31. The van der Waals surface area contributed by atoms with Gasteiger partial charge < -0.3 is 14.8 Å². The van der Waals surface area contributed by atoms with Gasteiger partial charge in [0.2, 0.25) is 0 Å². The molecule has 2 aromatic rings. The largest absolute Gasteiger partial charge is 0.484 e. The Labute approximate surface area is 155 Å². The molecule has 0 saturated heterocycles. The SMILES string of the molecule is Cc1cc(C)cc(OCC(=O)NC(C)c2ccc(OCC(F)(F)F)cn2)c1. The van der Waals surface area contributed by atoms with Crippen LogP contribution in [-0.4, -0.2) is 30.3 Å². The zero-order valence-corrected chi connectivity index (χ0v) is 15.3. The van der Waals surface area contributed by atoms with E-state index in [4.69, 9.17) is 4.74 Å². The molecule has 0 spiro atoms. The molecule has 1 aromatic carbocycles. The van der Waals surface area contributed by atoms with E-state index in [-0.39, 0.29) is 18.3 Å². The van der Waals surface area contributed by atoms with Crippen LogP contribution >= 0.6 is 0 Å². The highest BCUT2D eigenvalue weighted by molar-refractivity contribution is 5.77. The van der Waals surface area contributed by atoms with E-state index < -0.39 is 18.8 Å². The Bertz CT molecular complexity index is 757. The lowest BCUT2D eigenvalue weighted by molar-refractivity contribution is -0.153. The molecule has 1 aromatic heterocycles. The topological polar surface area (TPSA) is 60.5 Å². The van der Waals surface area contributed by atoms with Crippen molar-refractivity contribution in [1.29, 1.82) is 0 Å². The molecule has 0 aliphatic carbocycles. The molecular weight excluding hydrogens is 361 g/mol. The molecule has 1 amide bonds. The summed E-state index contributed by atoms with van der Waals surface area (Å²) in [6.45, 7) is 4.06. The standard InChI is InChI=1S/C19H21F3N2O3/c1-12-6-13(2)8-16(7-12)26-10-18(25)24-14(3)17-5-4-15(9-23-17)27-11-19(20,21)22/h4-9,14H,10-11H2,1-3H3,(H,24,25). The van der Waals surface area contributed by atoms with Crippen molar-refractivity contribution in [1.82, 2.24) is 10.3 Å². The molecule has 0 saturated carbocycles. The molecule has 0 fully saturated rings. The van der Waals surface area contributed by atoms with Gasteiger partial charge in [-0.2, -0.15) is 13.2 Å². The average Bonchev–Trinajstić information content (AvgIpc) is 2.57. The molecule has 0 bridgehead atoms. The summed E-state index contributed by atoms with van der Waals surface area (Å²) < 4.78 is 46.5. The number of amides is 1. The van der Waals surface area contributed by atoms with Crippen LogP contribution in [0.5, 0.6) is 11.5 Å². The lowest BCUT2D eigenvalue weighted by atomic mass is 10.1. The molecule has 1 N–H and O–H groups in total. The summed E-state index contributed by atoms with van der Waals surface area (Å²) in [5.41, 5.74) is 2.57. The highest BCUT2D eigenvalue weighted by Gasteiger charge is 2.28. The van der Waals surface area contributed by atoms with Crippen LogP contribution in [-0.2, 0) is 4.79 Å². The fourth-order valence-electron chi connectivity index (χ4n) is 2.42. The van der Waals surface area contributed by atoms with Crippen molar-refractivity contribution in [3.05, 3.63) is 53.3 Å². The van der Waals surface area contributed by atoms with Crippen molar-refractivity contribution < 1.29 is 27.4 Å². The molecule has 0 aliphatic heterocycles. The first-order chi connectivity index (χ1) is 12.6. The first-order valence-corrected chi connectivity index (χ1v) is 8.28. The van der Waals surface area contributed by atoms with Crippen LogP contribution in [0.4, 0.5) is 13.2 Å². The summed E-state index contributed by atoms with van der Waals surface area (Å²) >= 11 is 0. The number of aromatic nitrogens is 1. The lowest BCUT2D eigenvalue weighted by Gasteiger charge is -2.15. The van der Waals surface area contributed by atoms with Crippen molar-refractivity contribution in [2.75, 3.05) is 13.2 Å². The first-order valence-electron chi connectivity index (χ1n) is 8.28. The molecule has 1 unspecified atom stereocenters. The number of carbonyl (C=O) groups excluding carboxylic acids is 1. The van der Waals surface area contributed by atoms with Gasteiger partial charge in [0.15, 0.2) is 13.2 Å². The quantitative estimate of drug-likeness (QED) is 0.789. The zero-order chi connectivity index (χ0) is 20.0. The Balaban J connectivity index is 1.84. The third-order valence-corrected chi connectivity index (χ3v) is 3.55. The molecule has 1 heterocycles. The normalized spacial score (nSPS) is 12.4. The predicted octanol–water partition coefficient (Wildman–Crippen LogP) is 3.90. The third-order valence-electron chi connectivity index (χ3n) is 3.55. The van der Waals surface area contributed by atoms with Crippen LogP contribution in [0.2, 0.25) is 0 Å². The summed E-state index contributed by atoms with van der Waals surface area (Å²) in [6.07, 6.45) is -3.22. The zero-order valence-electron chi connectivity index (χ0n) is 15.3. The van der Waals surface area contributed by atoms with E-state index in [2.05, 4.69) is 15.0 Å². The summed E-state index contributed by atoms with van der Waals surface area (Å²) in [7, 11) is 0. The molecule has 27 heavy (non-hydrogen) atoms. The molecule has 0 radical (unpaired) electrons. The number of ether oxygens (including phenoxy) is 2. The van der Waals surface area contributed by atoms with Crippen LogP contribution < -0.4 is 14.8 Å². The van der Waals surface area contributed by atoms with Gasteiger partial charge in [-0.05, 0) is 56.2 Å². The van der Waals surface area contributed by atoms with Crippen LogP contribution in [0.15, 0.2) is 36.5 Å². The molecule has 146 valence electrons. The number of alkyl halides is 3. The Morgan fingerprint density at radius 2 is 1.78 bits per heavy atom. The highest BCUT2D eigenvalue weighted by atomic mass is 19.4. The fraction of sp³-hybridized carbons (Fsp3) is 0.368. The number of hydrogen-bond acceptors (Lipinski definition) is 4. The third kappa shape index (κ3) is 7.16. The van der Waals surface area contributed by atoms with Crippen molar-refractivity contribution in [2.24, 2.45) is 0 Å². The van der Waals surface area contributed by atoms with Gasteiger partial charge in [0.25, 0.3) is 5.91 Å². The number of benzene rings is 1. The summed E-state index contributed by atoms with van der Waals surface area (Å²) in [4.78, 5) is 16.1. The van der Waals surface area contributed by atoms with Gasteiger partial charge >= 0.3 is 6.18 Å². The number of carbonyl (C=O) groups is 1.